The highest BCUT2D eigenvalue weighted by Crippen LogP contribution is 2.49. The van der Waals surface area contributed by atoms with E-state index < -0.39 is 35.9 Å². The van der Waals surface area contributed by atoms with Gasteiger partial charge in [0.15, 0.2) is 9.84 Å². The molecule has 10 nitrogen and oxygen atoms in total. The van der Waals surface area contributed by atoms with E-state index in [0.717, 1.165) is 16.7 Å². The van der Waals surface area contributed by atoms with Crippen LogP contribution in [0, 0.1) is 0 Å². The minimum absolute atomic E-state index is 0.0681. The van der Waals surface area contributed by atoms with E-state index in [1.165, 1.54) is 18.0 Å². The second kappa shape index (κ2) is 13.8. The number of nitrogens with two attached hydrogens (primary N) is 2. The van der Waals surface area contributed by atoms with E-state index in [9.17, 15) is 21.6 Å². The first-order valence-electron chi connectivity index (χ1n) is 14.9. The number of carbonyl (C=O) groups is 1. The number of carbonyl (C=O) groups excluding carboxylic acids is 1. The van der Waals surface area contributed by atoms with Gasteiger partial charge in [-0.25, -0.2) is 22.0 Å². The van der Waals surface area contributed by atoms with E-state index in [-0.39, 0.29) is 45.4 Å². The monoisotopic (exact) mass is 711 g/mol. The topological polar surface area (TPSA) is 156 Å². The number of sulfonamides is 1. The zero-order valence-electron chi connectivity index (χ0n) is 26.2. The lowest BCUT2D eigenvalue weighted by molar-refractivity contribution is -0.133. The number of nitrogens with zero attached hydrogens (tertiary/aromatic N) is 3. The molecule has 1 aromatic heterocycles. The van der Waals surface area contributed by atoms with Crippen molar-refractivity contribution >= 4 is 55.0 Å². The second-order valence-corrected chi connectivity index (χ2v) is 17.7. The molecule has 0 aliphatic carbocycles. The molecule has 0 saturated carbocycles. The standard InChI is InChI=1S/C33H37N5O5S4/c1-4-38(28-20-23(2)46(40,41)31-27(28)21-30(44-31)47(35,42)43)29(39)22-37(3)32(34)36-45-33(24-14-8-5-9-15-24,25-16-10-6-11-17-25)26-18-12-7-13-19-26/h5-19,21,23,28H,4,20,22H2,1-3H3,(H2,34,36)(H2,35,42,43). The first-order valence-corrected chi connectivity index (χ1v) is 19.6. The summed E-state index contributed by atoms with van der Waals surface area (Å²) in [4.78, 5) is 16.9. The molecule has 2 unspecified atom stereocenters. The molecule has 2 atom stereocenters. The summed E-state index contributed by atoms with van der Waals surface area (Å²) >= 11 is 1.92. The molecule has 0 bridgehead atoms. The number of thiophene rings is 1. The fraction of sp³-hybridized carbons (Fsp3) is 0.273. The fourth-order valence-electron chi connectivity index (χ4n) is 5.81. The van der Waals surface area contributed by atoms with Gasteiger partial charge < -0.3 is 15.5 Å². The summed E-state index contributed by atoms with van der Waals surface area (Å²) in [6.45, 7) is 3.47. The number of fused-ring (bicyclic) bond motifs is 1. The van der Waals surface area contributed by atoms with Crippen LogP contribution in [0.15, 0.2) is 110 Å². The molecule has 4 N–H and O–H groups in total. The van der Waals surface area contributed by atoms with Crippen molar-refractivity contribution in [2.45, 2.75) is 44.7 Å². The number of guanidine groups is 1. The molecule has 1 amide bonds. The summed E-state index contributed by atoms with van der Waals surface area (Å²) in [5, 5.41) is 4.52. The molecule has 14 heteroatoms. The molecule has 4 aromatic rings. The second-order valence-electron chi connectivity index (χ2n) is 11.3. The number of likely N-dealkylation sites (N-methyl/N-ethyl adjacent to an activating group) is 2. The Morgan fingerprint density at radius 2 is 1.47 bits per heavy atom. The summed E-state index contributed by atoms with van der Waals surface area (Å²) in [6.07, 6.45) is 0.118. The Bertz CT molecular complexity index is 1870. The van der Waals surface area contributed by atoms with Gasteiger partial charge in [-0.1, -0.05) is 91.0 Å². The van der Waals surface area contributed by atoms with Gasteiger partial charge in [-0.15, -0.1) is 11.3 Å². The van der Waals surface area contributed by atoms with E-state index >= 15 is 0 Å². The third-order valence-corrected chi connectivity index (χ3v) is 14.9. The van der Waals surface area contributed by atoms with Crippen LogP contribution in [0.5, 0.6) is 0 Å². The molecule has 0 fully saturated rings. The van der Waals surface area contributed by atoms with E-state index in [4.69, 9.17) is 15.3 Å². The maximum Gasteiger partial charge on any atom is 0.247 e. The summed E-state index contributed by atoms with van der Waals surface area (Å²) in [5.74, 6) is -0.191. The van der Waals surface area contributed by atoms with Crippen LogP contribution in [-0.2, 0) is 29.4 Å². The van der Waals surface area contributed by atoms with Crippen LogP contribution < -0.4 is 10.9 Å². The molecule has 0 saturated heterocycles. The average Bonchev–Trinajstić information content (AvgIpc) is 3.54. The van der Waals surface area contributed by atoms with Crippen molar-refractivity contribution in [3.05, 3.63) is 119 Å². The Morgan fingerprint density at radius 3 is 1.91 bits per heavy atom. The van der Waals surface area contributed by atoms with Gasteiger partial charge in [0.2, 0.25) is 21.9 Å². The molecular formula is C33H37N5O5S4. The number of rotatable bonds is 10. The first kappa shape index (κ1) is 34.6. The Labute approximate surface area is 284 Å². The molecular weight excluding hydrogens is 675 g/mol. The first-order chi connectivity index (χ1) is 22.3. The number of benzene rings is 3. The number of amides is 1. The summed E-state index contributed by atoms with van der Waals surface area (Å²) in [5.41, 5.74) is 9.81. The van der Waals surface area contributed by atoms with Crippen LogP contribution in [0.3, 0.4) is 0 Å². The van der Waals surface area contributed by atoms with E-state index in [1.807, 2.05) is 54.6 Å². The quantitative estimate of drug-likeness (QED) is 0.103. The molecule has 47 heavy (non-hydrogen) atoms. The number of primary sulfonamides is 1. The molecule has 2 heterocycles. The Kier molecular flexibility index (Phi) is 10.2. The van der Waals surface area contributed by atoms with E-state index in [1.54, 1.807) is 30.7 Å². The molecule has 1 aliphatic rings. The van der Waals surface area contributed by atoms with Crippen LogP contribution in [0.4, 0.5) is 0 Å². The number of hydrogen-bond acceptors (Lipinski definition) is 8. The van der Waals surface area contributed by atoms with Crippen molar-refractivity contribution in [1.82, 2.24) is 9.80 Å². The third-order valence-electron chi connectivity index (χ3n) is 8.30. The fourth-order valence-corrected chi connectivity index (χ4v) is 11.3. The van der Waals surface area contributed by atoms with Crippen LogP contribution >= 0.6 is 23.3 Å². The van der Waals surface area contributed by atoms with Crippen molar-refractivity contribution < 1.29 is 21.6 Å². The zero-order valence-corrected chi connectivity index (χ0v) is 29.5. The molecule has 248 valence electrons. The van der Waals surface area contributed by atoms with Crippen molar-refractivity contribution in [1.29, 1.82) is 0 Å². The van der Waals surface area contributed by atoms with Crippen LogP contribution in [-0.4, -0.2) is 63.9 Å². The molecule has 5 rings (SSSR count). The Morgan fingerprint density at radius 1 is 0.979 bits per heavy atom. The van der Waals surface area contributed by atoms with Gasteiger partial charge in [0.1, 0.15) is 13.2 Å². The van der Waals surface area contributed by atoms with E-state index in [2.05, 4.69) is 36.4 Å². The van der Waals surface area contributed by atoms with Gasteiger partial charge in [0.05, 0.1) is 17.8 Å². The predicted octanol–water partition coefficient (Wildman–Crippen LogP) is 4.74. The zero-order chi connectivity index (χ0) is 34.0. The van der Waals surface area contributed by atoms with E-state index in [0.29, 0.717) is 11.3 Å². The van der Waals surface area contributed by atoms with Gasteiger partial charge in [-0.2, -0.15) is 4.40 Å². The van der Waals surface area contributed by atoms with Crippen LogP contribution in [0.1, 0.15) is 48.6 Å². The molecule has 3 aromatic carbocycles. The lowest BCUT2D eigenvalue weighted by Gasteiger charge is -2.37. The molecule has 1 aliphatic heterocycles. The molecule has 0 spiro atoms. The lowest BCUT2D eigenvalue weighted by Crippen LogP contribution is -2.46. The lowest BCUT2D eigenvalue weighted by atomic mass is 9.84. The van der Waals surface area contributed by atoms with Crippen LogP contribution in [0.25, 0.3) is 0 Å². The average molecular weight is 712 g/mol. The van der Waals surface area contributed by atoms with Gasteiger partial charge in [0, 0.05) is 19.2 Å². The maximum absolute atomic E-state index is 13.8. The summed E-state index contributed by atoms with van der Waals surface area (Å²) in [7, 11) is -6.25. The summed E-state index contributed by atoms with van der Waals surface area (Å²) in [6, 6.07) is 30.7. The smallest absolute Gasteiger partial charge is 0.247 e. The highest BCUT2D eigenvalue weighted by atomic mass is 32.3. The normalized spacial score (nSPS) is 17.9. The van der Waals surface area contributed by atoms with Crippen molar-refractivity contribution in [3.8, 4) is 0 Å². The van der Waals surface area contributed by atoms with Gasteiger partial charge in [-0.05, 0) is 55.0 Å². The Balaban J connectivity index is 1.45. The Hall–Kier alpha value is -3.69. The molecule has 0 radical (unpaired) electrons. The largest absolute Gasteiger partial charge is 0.369 e. The van der Waals surface area contributed by atoms with Gasteiger partial charge >= 0.3 is 0 Å². The third kappa shape index (κ3) is 6.83. The highest BCUT2D eigenvalue weighted by Gasteiger charge is 2.43. The van der Waals surface area contributed by atoms with Gasteiger partial charge in [-0.3, -0.25) is 4.79 Å². The number of hydrogen-bond donors (Lipinski definition) is 2. The van der Waals surface area contributed by atoms with Crippen molar-refractivity contribution in [3.63, 3.8) is 0 Å². The SMILES string of the molecule is CCN(C(=O)CN(C)/C(N)=N/SC(c1ccccc1)(c1ccccc1)c1ccccc1)C1CC(C)S(=O)(=O)c2sc(S(N)(=O)=O)cc21. The van der Waals surface area contributed by atoms with Crippen LogP contribution in [0.2, 0.25) is 0 Å². The van der Waals surface area contributed by atoms with Gasteiger partial charge in [0.25, 0.3) is 0 Å². The minimum atomic E-state index is -4.14. The van der Waals surface area contributed by atoms with Crippen molar-refractivity contribution in [2.24, 2.45) is 15.3 Å². The number of sulfone groups is 1. The highest BCUT2D eigenvalue weighted by molar-refractivity contribution is 7.99. The summed E-state index contributed by atoms with van der Waals surface area (Å²) < 4.78 is 54.2. The maximum atomic E-state index is 13.8. The van der Waals surface area contributed by atoms with Crippen molar-refractivity contribution in [2.75, 3.05) is 20.1 Å². The predicted molar refractivity (Wildman–Crippen MR) is 188 cm³/mol. The minimum Gasteiger partial charge on any atom is -0.369 e.